The van der Waals surface area contributed by atoms with Gasteiger partial charge in [0.15, 0.2) is 5.01 Å². The first kappa shape index (κ1) is 19.5. The van der Waals surface area contributed by atoms with Crippen molar-refractivity contribution < 1.29 is 9.53 Å². The summed E-state index contributed by atoms with van der Waals surface area (Å²) < 4.78 is 5.40. The maximum Gasteiger partial charge on any atom is 0.258 e. The lowest BCUT2D eigenvalue weighted by atomic mass is 9.99. The Balaban J connectivity index is 1.62. The van der Waals surface area contributed by atoms with E-state index in [1.807, 2.05) is 0 Å². The second-order valence-electron chi connectivity index (χ2n) is 6.72. The number of nitrogens with one attached hydrogen (secondary N) is 1. The normalized spacial score (nSPS) is 13.5. The first-order valence-corrected chi connectivity index (χ1v) is 9.82. The van der Waals surface area contributed by atoms with Crippen LogP contribution in [0.1, 0.15) is 33.8 Å². The fourth-order valence-electron chi connectivity index (χ4n) is 2.72. The average Bonchev–Trinajstić information content (AvgIpc) is 3.35. The third kappa shape index (κ3) is 4.13. The van der Waals surface area contributed by atoms with E-state index in [4.69, 9.17) is 10.5 Å². The molecule has 9 heteroatoms. The van der Waals surface area contributed by atoms with Gasteiger partial charge in [-0.2, -0.15) is 5.26 Å². The van der Waals surface area contributed by atoms with Crippen LogP contribution in [0.5, 0.6) is 5.75 Å². The Kier molecular flexibility index (Phi) is 5.15. The van der Waals surface area contributed by atoms with Gasteiger partial charge in [0, 0.05) is 23.5 Å². The molecular formula is C21H16N6O2S. The second kappa shape index (κ2) is 7.91. The van der Waals surface area contributed by atoms with Crippen LogP contribution in [-0.2, 0) is 0 Å². The highest BCUT2D eigenvalue weighted by atomic mass is 32.1. The number of nitriles is 1. The Labute approximate surface area is 176 Å². The average molecular weight is 416 g/mol. The zero-order valence-electron chi connectivity index (χ0n) is 16.0. The molecule has 2 heterocycles. The topological polar surface area (TPSA) is 127 Å². The van der Waals surface area contributed by atoms with Gasteiger partial charge in [0.25, 0.3) is 5.91 Å². The van der Waals surface area contributed by atoms with E-state index in [1.165, 1.54) is 24.6 Å². The summed E-state index contributed by atoms with van der Waals surface area (Å²) in [7, 11) is 1.53. The minimum Gasteiger partial charge on any atom is -0.496 e. The van der Waals surface area contributed by atoms with Crippen LogP contribution in [0, 0.1) is 23.2 Å². The molecule has 0 saturated heterocycles. The van der Waals surface area contributed by atoms with E-state index in [9.17, 15) is 10.1 Å². The smallest absolute Gasteiger partial charge is 0.258 e. The largest absolute Gasteiger partial charge is 0.496 e. The number of aromatic nitrogens is 3. The molecule has 1 aliphatic carbocycles. The molecule has 0 radical (unpaired) electrons. The highest BCUT2D eigenvalue weighted by Crippen LogP contribution is 2.33. The number of pyridine rings is 1. The molecule has 1 saturated carbocycles. The summed E-state index contributed by atoms with van der Waals surface area (Å²) in [5.41, 5.74) is 7.48. The molecule has 0 spiro atoms. The van der Waals surface area contributed by atoms with Gasteiger partial charge in [-0.05, 0) is 43.0 Å². The molecule has 0 unspecified atom stereocenters. The van der Waals surface area contributed by atoms with Crippen LogP contribution in [0.2, 0.25) is 0 Å². The number of hydrogen-bond donors (Lipinski definition) is 2. The molecule has 3 aromatic rings. The van der Waals surface area contributed by atoms with E-state index in [1.54, 1.807) is 30.5 Å². The van der Waals surface area contributed by atoms with E-state index in [0.29, 0.717) is 38.1 Å². The molecule has 0 bridgehead atoms. The van der Waals surface area contributed by atoms with Crippen molar-refractivity contribution in [2.75, 3.05) is 12.4 Å². The maximum atomic E-state index is 12.9. The highest BCUT2D eigenvalue weighted by molar-refractivity contribution is 7.15. The Morgan fingerprint density at radius 3 is 2.87 bits per heavy atom. The zero-order valence-corrected chi connectivity index (χ0v) is 16.8. The lowest BCUT2D eigenvalue weighted by Gasteiger charge is -2.12. The van der Waals surface area contributed by atoms with Crippen LogP contribution in [-0.4, -0.2) is 33.7 Å². The van der Waals surface area contributed by atoms with Gasteiger partial charge < -0.3 is 10.5 Å². The predicted octanol–water partition coefficient (Wildman–Crippen LogP) is 2.58. The lowest BCUT2D eigenvalue weighted by Crippen LogP contribution is -2.18. The van der Waals surface area contributed by atoms with Crippen molar-refractivity contribution in [2.24, 2.45) is 5.73 Å². The van der Waals surface area contributed by atoms with Crippen molar-refractivity contribution in [3.8, 4) is 34.8 Å². The lowest BCUT2D eigenvalue weighted by molar-refractivity contribution is 0.102. The van der Waals surface area contributed by atoms with Crippen molar-refractivity contribution in [3.63, 3.8) is 0 Å². The number of nitrogens with zero attached hydrogens (tertiary/aromatic N) is 4. The number of rotatable bonds is 4. The summed E-state index contributed by atoms with van der Waals surface area (Å²) in [5, 5.41) is 20.7. The minimum absolute atomic E-state index is 0.326. The SMILES string of the molecule is COc1ccc(C#N)cc1-c1cnccc1C(=O)Nc1nnc(C#CC2(N)CC2)s1. The number of methoxy groups -OCH3 is 1. The molecule has 1 fully saturated rings. The number of benzene rings is 1. The van der Waals surface area contributed by atoms with Crippen molar-refractivity contribution in [3.05, 3.63) is 52.8 Å². The maximum absolute atomic E-state index is 12.9. The standard InChI is InChI=1S/C21H16N6O2S/c1-29-17-3-2-13(11-22)10-15(17)16-12-24-9-5-14(16)19(28)25-20-27-26-18(30-20)4-6-21(23)7-8-21/h2-3,5,9-10,12H,7-8,23H2,1H3,(H,25,27,28). The molecule has 0 atom stereocenters. The van der Waals surface area contributed by atoms with Gasteiger partial charge >= 0.3 is 0 Å². The number of hydrogen-bond acceptors (Lipinski definition) is 8. The molecule has 0 aliphatic heterocycles. The Hall–Kier alpha value is -3.79. The zero-order chi connectivity index (χ0) is 21.1. The van der Waals surface area contributed by atoms with E-state index >= 15 is 0 Å². The second-order valence-corrected chi connectivity index (χ2v) is 7.70. The Morgan fingerprint density at radius 2 is 2.13 bits per heavy atom. The molecule has 148 valence electrons. The summed E-state index contributed by atoms with van der Waals surface area (Å²) in [4.78, 5) is 17.1. The molecule has 30 heavy (non-hydrogen) atoms. The Bertz CT molecular complexity index is 1230. The van der Waals surface area contributed by atoms with Crippen LogP contribution in [0.15, 0.2) is 36.7 Å². The molecule has 1 aliphatic rings. The molecule has 4 rings (SSSR count). The first-order chi connectivity index (χ1) is 14.5. The highest BCUT2D eigenvalue weighted by Gasteiger charge is 2.36. The van der Waals surface area contributed by atoms with Crippen molar-refractivity contribution in [1.29, 1.82) is 5.26 Å². The Morgan fingerprint density at radius 1 is 1.30 bits per heavy atom. The van der Waals surface area contributed by atoms with Crippen LogP contribution >= 0.6 is 11.3 Å². The quantitative estimate of drug-likeness (QED) is 0.626. The molecule has 2 aromatic heterocycles. The van der Waals surface area contributed by atoms with E-state index in [-0.39, 0.29) is 5.91 Å². The molecular weight excluding hydrogens is 400 g/mol. The number of carbonyl (C=O) groups is 1. The summed E-state index contributed by atoms with van der Waals surface area (Å²) in [5.74, 6) is 6.03. The van der Waals surface area contributed by atoms with Crippen molar-refractivity contribution in [1.82, 2.24) is 15.2 Å². The number of amides is 1. The van der Waals surface area contributed by atoms with Gasteiger partial charge in [-0.25, -0.2) is 0 Å². The van der Waals surface area contributed by atoms with Gasteiger partial charge in [0.1, 0.15) is 5.75 Å². The number of anilines is 1. The summed E-state index contributed by atoms with van der Waals surface area (Å²) >= 11 is 1.17. The summed E-state index contributed by atoms with van der Waals surface area (Å²) in [6.07, 6.45) is 4.83. The van der Waals surface area contributed by atoms with Gasteiger partial charge in [-0.1, -0.05) is 17.3 Å². The number of ether oxygens (including phenoxy) is 1. The van der Waals surface area contributed by atoms with Gasteiger partial charge in [0.05, 0.1) is 29.8 Å². The number of carbonyl (C=O) groups excluding carboxylic acids is 1. The third-order valence-corrected chi connectivity index (χ3v) is 5.29. The van der Waals surface area contributed by atoms with E-state index in [2.05, 4.69) is 38.4 Å². The predicted molar refractivity (Wildman–Crippen MR) is 112 cm³/mol. The van der Waals surface area contributed by atoms with Crippen LogP contribution in [0.3, 0.4) is 0 Å². The molecule has 8 nitrogen and oxygen atoms in total. The molecule has 3 N–H and O–H groups in total. The van der Waals surface area contributed by atoms with Crippen LogP contribution < -0.4 is 15.8 Å². The van der Waals surface area contributed by atoms with Crippen LogP contribution in [0.25, 0.3) is 11.1 Å². The van der Waals surface area contributed by atoms with E-state index in [0.717, 1.165) is 12.8 Å². The van der Waals surface area contributed by atoms with Gasteiger partial charge in [-0.15, -0.1) is 10.2 Å². The van der Waals surface area contributed by atoms with Crippen molar-refractivity contribution in [2.45, 2.75) is 18.4 Å². The molecule has 1 amide bonds. The third-order valence-electron chi connectivity index (χ3n) is 4.54. The summed E-state index contributed by atoms with van der Waals surface area (Å²) in [6, 6.07) is 8.67. The van der Waals surface area contributed by atoms with Crippen molar-refractivity contribution >= 4 is 22.4 Å². The fraction of sp³-hybridized carbons (Fsp3) is 0.190. The van der Waals surface area contributed by atoms with Gasteiger partial charge in [-0.3, -0.25) is 15.1 Å². The fourth-order valence-corrected chi connectivity index (χ4v) is 3.31. The van der Waals surface area contributed by atoms with Gasteiger partial charge in [0.2, 0.25) is 5.13 Å². The monoisotopic (exact) mass is 416 g/mol. The number of nitrogens with two attached hydrogens (primary N) is 1. The first-order valence-electron chi connectivity index (χ1n) is 9.01. The summed E-state index contributed by atoms with van der Waals surface area (Å²) in [6.45, 7) is 0. The van der Waals surface area contributed by atoms with Crippen LogP contribution in [0.4, 0.5) is 5.13 Å². The van der Waals surface area contributed by atoms with E-state index < -0.39 is 5.54 Å². The minimum atomic E-state index is -0.405. The molecule has 1 aromatic carbocycles.